The van der Waals surface area contributed by atoms with Crippen molar-refractivity contribution in [2.75, 3.05) is 6.54 Å². The molecule has 8 heteroatoms. The molecule has 0 spiro atoms. The highest BCUT2D eigenvalue weighted by Gasteiger charge is 2.26. The molecule has 0 aliphatic carbocycles. The van der Waals surface area contributed by atoms with E-state index in [9.17, 15) is 18.3 Å². The van der Waals surface area contributed by atoms with Crippen molar-refractivity contribution in [2.24, 2.45) is 0 Å². The Labute approximate surface area is 118 Å². The van der Waals surface area contributed by atoms with Crippen LogP contribution in [-0.4, -0.2) is 28.0 Å². The molecule has 2 rings (SSSR count). The third-order valence-corrected chi connectivity index (χ3v) is 2.82. The smallest absolute Gasteiger partial charge is 0.401 e. The van der Waals surface area contributed by atoms with Crippen LogP contribution in [0.15, 0.2) is 16.7 Å². The van der Waals surface area contributed by atoms with Crippen LogP contribution >= 0.6 is 0 Å². The number of aryl methyl sites for hydroxylation is 2. The minimum Gasteiger partial charge on any atom is -0.507 e. The fraction of sp³-hybridized carbons (Fsp3) is 0.385. The molecule has 1 heterocycles. The van der Waals surface area contributed by atoms with Crippen LogP contribution in [0.2, 0.25) is 0 Å². The van der Waals surface area contributed by atoms with E-state index in [1.165, 1.54) is 0 Å². The summed E-state index contributed by atoms with van der Waals surface area (Å²) in [5.41, 5.74) is 1.95. The van der Waals surface area contributed by atoms with Crippen molar-refractivity contribution in [1.82, 2.24) is 15.5 Å². The first-order valence-electron chi connectivity index (χ1n) is 6.17. The Kier molecular flexibility index (Phi) is 4.17. The Bertz CT molecular complexity index is 615. The molecule has 1 aromatic heterocycles. The lowest BCUT2D eigenvalue weighted by Crippen LogP contribution is -2.28. The van der Waals surface area contributed by atoms with Crippen LogP contribution in [0.4, 0.5) is 13.2 Å². The molecule has 0 unspecified atom stereocenters. The minimum atomic E-state index is -4.28. The molecule has 0 fully saturated rings. The van der Waals surface area contributed by atoms with Crippen LogP contribution < -0.4 is 5.32 Å². The number of phenols is 1. The second kappa shape index (κ2) is 5.72. The lowest BCUT2D eigenvalue weighted by molar-refractivity contribution is -0.125. The SMILES string of the molecule is Cc1cc(-c2noc(CNCC(F)(F)F)n2)cc(C)c1O. The zero-order chi connectivity index (χ0) is 15.6. The maximum atomic E-state index is 12.0. The summed E-state index contributed by atoms with van der Waals surface area (Å²) in [4.78, 5) is 4.02. The number of hydrogen-bond donors (Lipinski definition) is 2. The van der Waals surface area contributed by atoms with Gasteiger partial charge in [0.15, 0.2) is 0 Å². The highest BCUT2D eigenvalue weighted by molar-refractivity contribution is 5.60. The summed E-state index contributed by atoms with van der Waals surface area (Å²) in [5, 5.41) is 15.6. The van der Waals surface area contributed by atoms with E-state index in [0.29, 0.717) is 16.7 Å². The van der Waals surface area contributed by atoms with E-state index in [1.807, 2.05) is 0 Å². The third kappa shape index (κ3) is 3.94. The highest BCUT2D eigenvalue weighted by atomic mass is 19.4. The van der Waals surface area contributed by atoms with Gasteiger partial charge in [0, 0.05) is 5.56 Å². The molecule has 1 aromatic carbocycles. The number of phenolic OH excluding ortho intramolecular Hbond substituents is 1. The molecule has 0 saturated carbocycles. The molecule has 0 aliphatic rings. The zero-order valence-corrected chi connectivity index (χ0v) is 11.5. The number of halogens is 3. The summed E-state index contributed by atoms with van der Waals surface area (Å²) in [6, 6.07) is 3.36. The number of hydrogen-bond acceptors (Lipinski definition) is 5. The summed E-state index contributed by atoms with van der Waals surface area (Å²) in [6.07, 6.45) is -4.28. The summed E-state index contributed by atoms with van der Waals surface area (Å²) in [5.74, 6) is 0.525. The fourth-order valence-corrected chi connectivity index (χ4v) is 1.84. The summed E-state index contributed by atoms with van der Waals surface area (Å²) in [7, 11) is 0. The van der Waals surface area contributed by atoms with Crippen molar-refractivity contribution in [3.05, 3.63) is 29.2 Å². The van der Waals surface area contributed by atoms with E-state index < -0.39 is 12.7 Å². The Morgan fingerprint density at radius 2 is 1.86 bits per heavy atom. The van der Waals surface area contributed by atoms with Gasteiger partial charge in [0.2, 0.25) is 11.7 Å². The molecule has 0 aliphatic heterocycles. The number of benzene rings is 1. The molecule has 2 aromatic rings. The van der Waals surface area contributed by atoms with E-state index in [0.717, 1.165) is 0 Å². The average molecular weight is 301 g/mol. The molecule has 2 N–H and O–H groups in total. The summed E-state index contributed by atoms with van der Waals surface area (Å²) in [6.45, 7) is 2.18. The largest absolute Gasteiger partial charge is 0.507 e. The molecule has 0 radical (unpaired) electrons. The van der Waals surface area contributed by atoms with Gasteiger partial charge in [0.1, 0.15) is 5.75 Å². The average Bonchev–Trinajstić information content (AvgIpc) is 2.82. The van der Waals surface area contributed by atoms with Gasteiger partial charge in [-0.3, -0.25) is 0 Å². The highest BCUT2D eigenvalue weighted by Crippen LogP contribution is 2.27. The molecule has 114 valence electrons. The molecule has 5 nitrogen and oxygen atoms in total. The normalized spacial score (nSPS) is 11.9. The fourth-order valence-electron chi connectivity index (χ4n) is 1.84. The van der Waals surface area contributed by atoms with Crippen molar-refractivity contribution in [3.63, 3.8) is 0 Å². The molecule has 0 bridgehead atoms. The lowest BCUT2D eigenvalue weighted by Gasteiger charge is -2.05. The van der Waals surface area contributed by atoms with Gasteiger partial charge < -0.3 is 14.9 Å². The number of rotatable bonds is 4. The van der Waals surface area contributed by atoms with Gasteiger partial charge >= 0.3 is 6.18 Å². The van der Waals surface area contributed by atoms with Crippen LogP contribution in [0.1, 0.15) is 17.0 Å². The first-order valence-corrected chi connectivity index (χ1v) is 6.17. The van der Waals surface area contributed by atoms with Gasteiger partial charge in [-0.15, -0.1) is 0 Å². The second-order valence-electron chi connectivity index (χ2n) is 4.69. The Balaban J connectivity index is 2.10. The van der Waals surface area contributed by atoms with Crippen molar-refractivity contribution in [2.45, 2.75) is 26.6 Å². The minimum absolute atomic E-state index is 0.0673. The number of alkyl halides is 3. The van der Waals surface area contributed by atoms with Crippen molar-refractivity contribution >= 4 is 0 Å². The van der Waals surface area contributed by atoms with Crippen LogP contribution in [0.5, 0.6) is 5.75 Å². The molecular weight excluding hydrogens is 287 g/mol. The van der Waals surface area contributed by atoms with Gasteiger partial charge in [-0.05, 0) is 37.1 Å². The molecule has 0 amide bonds. The Morgan fingerprint density at radius 3 is 2.43 bits per heavy atom. The van der Waals surface area contributed by atoms with Gasteiger partial charge in [-0.25, -0.2) is 0 Å². The van der Waals surface area contributed by atoms with Crippen molar-refractivity contribution in [3.8, 4) is 17.1 Å². The predicted octanol–water partition coefficient (Wildman–Crippen LogP) is 2.71. The summed E-state index contributed by atoms with van der Waals surface area (Å²) < 4.78 is 40.9. The molecular formula is C13H14F3N3O2. The van der Waals surface area contributed by atoms with E-state index in [-0.39, 0.29) is 24.0 Å². The van der Waals surface area contributed by atoms with Crippen LogP contribution in [0.3, 0.4) is 0 Å². The second-order valence-corrected chi connectivity index (χ2v) is 4.69. The van der Waals surface area contributed by atoms with Gasteiger partial charge in [-0.2, -0.15) is 18.2 Å². The maximum absolute atomic E-state index is 12.0. The van der Waals surface area contributed by atoms with Crippen LogP contribution in [0.25, 0.3) is 11.4 Å². The number of aromatic hydroxyl groups is 1. The van der Waals surface area contributed by atoms with Crippen molar-refractivity contribution < 1.29 is 22.8 Å². The van der Waals surface area contributed by atoms with Crippen LogP contribution in [0, 0.1) is 13.8 Å². The lowest BCUT2D eigenvalue weighted by atomic mass is 10.1. The van der Waals surface area contributed by atoms with E-state index in [2.05, 4.69) is 15.5 Å². The number of nitrogens with one attached hydrogen (secondary N) is 1. The standard InChI is InChI=1S/C13H14F3N3O2/c1-7-3-9(4-8(2)11(7)20)12-18-10(21-19-12)5-17-6-13(14,15)16/h3-4,17,20H,5-6H2,1-2H3. The topological polar surface area (TPSA) is 71.2 Å². The van der Waals surface area contributed by atoms with Gasteiger partial charge in [0.05, 0.1) is 13.1 Å². The quantitative estimate of drug-likeness (QED) is 0.908. The van der Waals surface area contributed by atoms with Gasteiger partial charge in [0.25, 0.3) is 0 Å². The van der Waals surface area contributed by atoms with Gasteiger partial charge in [-0.1, -0.05) is 5.16 Å². The molecule has 21 heavy (non-hydrogen) atoms. The van der Waals surface area contributed by atoms with Crippen LogP contribution in [-0.2, 0) is 6.54 Å². The predicted molar refractivity (Wildman–Crippen MR) is 68.6 cm³/mol. The first-order chi connectivity index (χ1) is 9.76. The monoisotopic (exact) mass is 301 g/mol. The molecule has 0 saturated heterocycles. The van der Waals surface area contributed by atoms with E-state index in [4.69, 9.17) is 4.52 Å². The van der Waals surface area contributed by atoms with E-state index >= 15 is 0 Å². The third-order valence-electron chi connectivity index (χ3n) is 2.82. The maximum Gasteiger partial charge on any atom is 0.401 e. The number of nitrogens with zero attached hydrogens (tertiary/aromatic N) is 2. The van der Waals surface area contributed by atoms with E-state index in [1.54, 1.807) is 26.0 Å². The first kappa shape index (κ1) is 15.3. The Morgan fingerprint density at radius 1 is 1.24 bits per heavy atom. The summed E-state index contributed by atoms with van der Waals surface area (Å²) >= 11 is 0. The zero-order valence-electron chi connectivity index (χ0n) is 11.5. The number of aromatic nitrogens is 2. The Hall–Kier alpha value is -2.09. The molecule has 0 atom stereocenters. The van der Waals surface area contributed by atoms with Crippen molar-refractivity contribution in [1.29, 1.82) is 0 Å².